The minimum absolute atomic E-state index is 0.209. The molecule has 0 saturated carbocycles. The molecule has 0 spiro atoms. The molecule has 0 saturated heterocycles. The Kier molecular flexibility index (Phi) is 2.96. The second-order valence-electron chi connectivity index (χ2n) is 4.40. The van der Waals surface area contributed by atoms with Crippen LogP contribution < -0.4 is 16.4 Å². The summed E-state index contributed by atoms with van der Waals surface area (Å²) in [6, 6.07) is 15.3. The van der Waals surface area contributed by atoms with Crippen LogP contribution in [0, 0.1) is 0 Å². The van der Waals surface area contributed by atoms with Gasteiger partial charge in [-0.3, -0.25) is 0 Å². The van der Waals surface area contributed by atoms with Crippen LogP contribution in [0.25, 0.3) is 0 Å². The van der Waals surface area contributed by atoms with Gasteiger partial charge in [0.2, 0.25) is 0 Å². The molecular weight excluding hydrogens is 226 g/mol. The van der Waals surface area contributed by atoms with E-state index in [9.17, 15) is 10.0 Å². The summed E-state index contributed by atoms with van der Waals surface area (Å²) in [5.74, 6) is 0. The van der Waals surface area contributed by atoms with Gasteiger partial charge in [0.05, 0.1) is 6.61 Å². The molecule has 2 aromatic carbocycles. The van der Waals surface area contributed by atoms with Gasteiger partial charge in [0.25, 0.3) is 0 Å². The summed E-state index contributed by atoms with van der Waals surface area (Å²) < 4.78 is 5.78. The zero-order valence-corrected chi connectivity index (χ0v) is 9.78. The van der Waals surface area contributed by atoms with E-state index in [0.29, 0.717) is 12.1 Å². The predicted molar refractivity (Wildman–Crippen MR) is 72.5 cm³/mol. The number of benzene rings is 2. The maximum Gasteiger partial charge on any atom is 0.487 e. The molecule has 3 rings (SSSR count). The van der Waals surface area contributed by atoms with Gasteiger partial charge in [-0.25, -0.2) is 0 Å². The van der Waals surface area contributed by atoms with Gasteiger partial charge in [0.1, 0.15) is 0 Å². The molecule has 2 N–H and O–H groups in total. The van der Waals surface area contributed by atoms with Crippen LogP contribution in [0.2, 0.25) is 0 Å². The molecule has 0 unspecified atom stereocenters. The Labute approximate surface area is 106 Å². The van der Waals surface area contributed by atoms with Crippen LogP contribution in [0.15, 0.2) is 48.5 Å². The summed E-state index contributed by atoms with van der Waals surface area (Å²) in [7, 11) is -1.46. The highest BCUT2D eigenvalue weighted by Gasteiger charge is 2.34. The Bertz CT molecular complexity index is 557. The third-order valence-electron chi connectivity index (χ3n) is 3.28. The van der Waals surface area contributed by atoms with Crippen molar-refractivity contribution < 1.29 is 14.7 Å². The molecule has 0 radical (unpaired) electrons. The summed E-state index contributed by atoms with van der Waals surface area (Å²) >= 11 is 0. The summed E-state index contributed by atoms with van der Waals surface area (Å²) in [5, 5.41) is 18.9. The van der Waals surface area contributed by atoms with Crippen LogP contribution in [0.1, 0.15) is 5.56 Å². The normalized spacial score (nSPS) is 13.6. The van der Waals surface area contributed by atoms with Crippen LogP contribution >= 0.6 is 0 Å². The zero-order chi connectivity index (χ0) is 12.5. The van der Waals surface area contributed by atoms with E-state index in [0.717, 1.165) is 16.5 Å². The predicted octanol–water partition coefficient (Wildman–Crippen LogP) is -0.998. The molecule has 0 bridgehead atoms. The SMILES string of the molecule is OB(O)c1cccc2c1B(c1ccccc1)OC2. The largest absolute Gasteiger partial charge is 0.487 e. The fourth-order valence-electron chi connectivity index (χ4n) is 2.45. The van der Waals surface area contributed by atoms with Crippen molar-refractivity contribution in [3.05, 3.63) is 54.1 Å². The van der Waals surface area contributed by atoms with Crippen molar-refractivity contribution in [2.24, 2.45) is 0 Å². The third kappa shape index (κ3) is 1.86. The summed E-state index contributed by atoms with van der Waals surface area (Å²) in [4.78, 5) is 0. The van der Waals surface area contributed by atoms with E-state index in [4.69, 9.17) is 4.65 Å². The van der Waals surface area contributed by atoms with Crippen LogP contribution in [0.4, 0.5) is 0 Å². The molecule has 0 fully saturated rings. The lowest BCUT2D eigenvalue weighted by Gasteiger charge is -2.11. The first-order chi connectivity index (χ1) is 8.77. The van der Waals surface area contributed by atoms with Crippen LogP contribution in [-0.2, 0) is 11.3 Å². The highest BCUT2D eigenvalue weighted by Crippen LogP contribution is 2.09. The van der Waals surface area contributed by atoms with Crippen molar-refractivity contribution in [2.45, 2.75) is 6.61 Å². The second kappa shape index (κ2) is 4.61. The molecule has 3 nitrogen and oxygen atoms in total. The first-order valence-electron chi connectivity index (χ1n) is 5.92. The topological polar surface area (TPSA) is 49.7 Å². The van der Waals surface area contributed by atoms with E-state index in [1.54, 1.807) is 6.07 Å². The molecule has 1 heterocycles. The maximum absolute atomic E-state index is 9.45. The van der Waals surface area contributed by atoms with Crippen molar-refractivity contribution >= 4 is 30.4 Å². The molecule has 1 aliphatic heterocycles. The van der Waals surface area contributed by atoms with Crippen LogP contribution in [0.3, 0.4) is 0 Å². The van der Waals surface area contributed by atoms with Crippen LogP contribution in [0.5, 0.6) is 0 Å². The average molecular weight is 238 g/mol. The van der Waals surface area contributed by atoms with E-state index < -0.39 is 7.12 Å². The van der Waals surface area contributed by atoms with E-state index >= 15 is 0 Å². The van der Waals surface area contributed by atoms with Gasteiger partial charge in [0, 0.05) is 0 Å². The first-order valence-corrected chi connectivity index (χ1v) is 5.92. The minimum Gasteiger partial charge on any atom is -0.423 e. The van der Waals surface area contributed by atoms with Crippen molar-refractivity contribution in [1.82, 2.24) is 0 Å². The molecule has 18 heavy (non-hydrogen) atoms. The van der Waals surface area contributed by atoms with Crippen molar-refractivity contribution in [3.63, 3.8) is 0 Å². The van der Waals surface area contributed by atoms with E-state index in [2.05, 4.69) is 0 Å². The van der Waals surface area contributed by atoms with Gasteiger partial charge >= 0.3 is 14.0 Å². The first kappa shape index (κ1) is 11.5. The summed E-state index contributed by atoms with van der Waals surface area (Å²) in [6.45, 7) is 0.300. The standard InChI is InChI=1S/C13H12B2O3/c16-15(17)12-8-4-5-10-9-18-14(13(10)12)11-6-2-1-3-7-11/h1-8,16-17H,9H2. The molecule has 0 aromatic heterocycles. The minimum atomic E-state index is -1.46. The van der Waals surface area contributed by atoms with Gasteiger partial charge in [-0.05, 0) is 22.0 Å². The van der Waals surface area contributed by atoms with E-state index in [1.807, 2.05) is 42.5 Å². The van der Waals surface area contributed by atoms with Gasteiger partial charge < -0.3 is 14.7 Å². The highest BCUT2D eigenvalue weighted by molar-refractivity contribution is 6.85. The molecule has 5 heteroatoms. The number of hydrogen-bond donors (Lipinski definition) is 2. The van der Waals surface area contributed by atoms with Crippen molar-refractivity contribution in [2.75, 3.05) is 0 Å². The Morgan fingerprint density at radius 2 is 1.78 bits per heavy atom. The maximum atomic E-state index is 9.45. The van der Waals surface area contributed by atoms with E-state index in [-0.39, 0.29) is 6.92 Å². The lowest BCUT2D eigenvalue weighted by Crippen LogP contribution is -2.53. The third-order valence-corrected chi connectivity index (χ3v) is 3.28. The quantitative estimate of drug-likeness (QED) is 0.660. The van der Waals surface area contributed by atoms with Gasteiger partial charge in [-0.2, -0.15) is 0 Å². The van der Waals surface area contributed by atoms with Gasteiger partial charge in [-0.15, -0.1) is 0 Å². The summed E-state index contributed by atoms with van der Waals surface area (Å²) in [5.41, 5.74) is 3.47. The fourth-order valence-corrected chi connectivity index (χ4v) is 2.45. The molecule has 2 aromatic rings. The monoisotopic (exact) mass is 238 g/mol. The molecule has 0 aliphatic carbocycles. The average Bonchev–Trinajstić information content (AvgIpc) is 2.83. The molecule has 0 atom stereocenters. The lowest BCUT2D eigenvalue weighted by molar-refractivity contribution is 0.337. The zero-order valence-electron chi connectivity index (χ0n) is 9.78. The Balaban J connectivity index is 2.11. The number of hydrogen-bond acceptors (Lipinski definition) is 3. The van der Waals surface area contributed by atoms with Crippen molar-refractivity contribution in [3.8, 4) is 0 Å². The number of fused-ring (bicyclic) bond motifs is 1. The lowest BCUT2D eigenvalue weighted by atomic mass is 9.51. The molecule has 1 aliphatic rings. The second-order valence-corrected chi connectivity index (χ2v) is 4.40. The van der Waals surface area contributed by atoms with Crippen molar-refractivity contribution in [1.29, 1.82) is 0 Å². The van der Waals surface area contributed by atoms with E-state index in [1.165, 1.54) is 0 Å². The Morgan fingerprint density at radius 1 is 1.00 bits per heavy atom. The Morgan fingerprint density at radius 3 is 2.50 bits per heavy atom. The molecular formula is C13H12B2O3. The fraction of sp³-hybridized carbons (Fsp3) is 0.0769. The molecule has 0 amide bonds. The van der Waals surface area contributed by atoms with Gasteiger partial charge in [-0.1, -0.05) is 48.5 Å². The Hall–Kier alpha value is -1.55. The highest BCUT2D eigenvalue weighted by atomic mass is 16.4. The summed E-state index contributed by atoms with van der Waals surface area (Å²) in [6.07, 6.45) is 0. The number of rotatable bonds is 2. The smallest absolute Gasteiger partial charge is 0.423 e. The van der Waals surface area contributed by atoms with Gasteiger partial charge in [0.15, 0.2) is 0 Å². The molecule has 88 valence electrons. The van der Waals surface area contributed by atoms with Crippen LogP contribution in [-0.4, -0.2) is 24.1 Å².